The summed E-state index contributed by atoms with van der Waals surface area (Å²) in [5.41, 5.74) is 3.92. The van der Waals surface area contributed by atoms with Gasteiger partial charge in [-0.1, -0.05) is 11.6 Å². The van der Waals surface area contributed by atoms with E-state index in [-0.39, 0.29) is 17.9 Å². The van der Waals surface area contributed by atoms with E-state index < -0.39 is 0 Å². The number of hydrogen-bond donors (Lipinski definition) is 3. The Bertz CT molecular complexity index is 1390. The van der Waals surface area contributed by atoms with Crippen molar-refractivity contribution in [1.82, 2.24) is 9.88 Å². The monoisotopic (exact) mass is 578 g/mol. The van der Waals surface area contributed by atoms with Crippen LogP contribution in [-0.4, -0.2) is 49.6 Å². The molecule has 1 aliphatic rings. The van der Waals surface area contributed by atoms with E-state index in [2.05, 4.69) is 32.0 Å². The van der Waals surface area contributed by atoms with Crippen LogP contribution in [0.2, 0.25) is 5.02 Å². The second kappa shape index (κ2) is 14.4. The van der Waals surface area contributed by atoms with E-state index in [1.807, 2.05) is 56.3 Å². The van der Waals surface area contributed by atoms with Crippen LogP contribution in [0.4, 0.5) is 17.1 Å². The van der Waals surface area contributed by atoms with Gasteiger partial charge in [-0.05, 0) is 75.9 Å². The molecule has 1 aliphatic heterocycles. The molecule has 0 saturated carbocycles. The maximum atomic E-state index is 12.8. The molecule has 0 radical (unpaired) electrons. The first-order valence-corrected chi connectivity index (χ1v) is 13.9. The number of ether oxygens (including phenoxy) is 2. The zero-order valence-corrected chi connectivity index (χ0v) is 24.2. The Morgan fingerprint density at radius 1 is 1.20 bits per heavy atom. The summed E-state index contributed by atoms with van der Waals surface area (Å²) in [5, 5.41) is 24.5. The van der Waals surface area contributed by atoms with Crippen LogP contribution in [0.1, 0.15) is 36.9 Å². The molecule has 0 fully saturated rings. The number of amides is 1. The quantitative estimate of drug-likeness (QED) is 0.224. The lowest BCUT2D eigenvalue weighted by Gasteiger charge is -2.32. The summed E-state index contributed by atoms with van der Waals surface area (Å²) >= 11 is 6.57. The van der Waals surface area contributed by atoms with Gasteiger partial charge >= 0.3 is 6.07 Å². The Balaban J connectivity index is 1.57. The molecule has 3 N–H and O–H groups in total. The molecule has 2 unspecified atom stereocenters. The number of aromatic nitrogens is 1. The lowest BCUT2D eigenvalue weighted by molar-refractivity contribution is -0.116. The van der Waals surface area contributed by atoms with Crippen LogP contribution >= 0.6 is 11.6 Å². The molecular formula is C30H35ClN6O4. The van der Waals surface area contributed by atoms with Crippen molar-refractivity contribution in [2.75, 3.05) is 49.7 Å². The first-order valence-electron chi connectivity index (χ1n) is 13.5. The second-order valence-corrected chi connectivity index (χ2v) is 10.3. The minimum absolute atomic E-state index is 0.0978. The number of pyridine rings is 1. The molecule has 0 bridgehead atoms. The fourth-order valence-electron chi connectivity index (χ4n) is 4.60. The van der Waals surface area contributed by atoms with Crippen molar-refractivity contribution in [1.29, 1.82) is 0 Å². The van der Waals surface area contributed by atoms with Gasteiger partial charge in [-0.25, -0.2) is 0 Å². The topological polar surface area (TPSA) is 115 Å². The molecular weight excluding hydrogens is 544 g/mol. The van der Waals surface area contributed by atoms with Crippen molar-refractivity contribution in [2.45, 2.75) is 32.4 Å². The molecule has 11 heteroatoms. The van der Waals surface area contributed by atoms with Crippen molar-refractivity contribution in [3.05, 3.63) is 81.2 Å². The summed E-state index contributed by atoms with van der Waals surface area (Å²) in [6.45, 7) is 3.94. The molecule has 0 spiro atoms. The van der Waals surface area contributed by atoms with E-state index in [1.54, 1.807) is 24.5 Å². The number of fused-ring (bicyclic) bond motifs is 1. The van der Waals surface area contributed by atoms with E-state index in [0.29, 0.717) is 48.4 Å². The van der Waals surface area contributed by atoms with Gasteiger partial charge < -0.3 is 35.5 Å². The maximum absolute atomic E-state index is 12.8. The summed E-state index contributed by atoms with van der Waals surface area (Å²) in [6.07, 6.45) is 4.54. The molecule has 1 amide bonds. The molecule has 2 aromatic carbocycles. The molecule has 2 heterocycles. The summed E-state index contributed by atoms with van der Waals surface area (Å²) < 4.78 is 11.7. The van der Waals surface area contributed by atoms with Crippen LogP contribution in [0.5, 0.6) is 11.5 Å². The predicted molar refractivity (Wildman–Crippen MR) is 163 cm³/mol. The highest BCUT2D eigenvalue weighted by Gasteiger charge is 2.34. The van der Waals surface area contributed by atoms with Gasteiger partial charge in [0.25, 0.3) is 0 Å². The Kier molecular flexibility index (Phi) is 10.5. The molecule has 216 valence electrons. The number of nitrogens with zero attached hydrogens (tertiary/aromatic N) is 3. The summed E-state index contributed by atoms with van der Waals surface area (Å²) in [5.74, 6) is 0.629. The standard InChI is InChI=1S/C30H35ClN6O4/c1-4-40-28-16-25-23(15-26(28)36-29(38)6-5-13-37(2)3)30(21(17-33-25)18-34-39)35-22-7-8-27(24(31)14-22)41-19-20-9-11-32-12-10-20/h7-12,14-16,21,30,33,35H,4-6,13,17,19H2,1-3H3,(H,36,38). The van der Waals surface area contributed by atoms with Gasteiger partial charge in [-0.2, -0.15) is 0 Å². The summed E-state index contributed by atoms with van der Waals surface area (Å²) in [7, 11) is 3.95. The largest absolute Gasteiger partial charge is 0.498 e. The number of hydrogen-bond acceptors (Lipinski definition) is 8. The molecule has 41 heavy (non-hydrogen) atoms. The minimum atomic E-state index is -0.386. The van der Waals surface area contributed by atoms with Gasteiger partial charge in [0.15, 0.2) is 0 Å². The number of anilines is 3. The number of rotatable bonds is 12. The van der Waals surface area contributed by atoms with Gasteiger partial charge in [0.2, 0.25) is 5.91 Å². The third kappa shape index (κ3) is 8.16. The average molecular weight is 579 g/mol. The van der Waals surface area contributed by atoms with Gasteiger partial charge in [-0.3, -0.25) is 9.78 Å². The van der Waals surface area contributed by atoms with Gasteiger partial charge in [0.05, 0.1) is 23.4 Å². The fourth-order valence-corrected chi connectivity index (χ4v) is 4.83. The predicted octanol–water partition coefficient (Wildman–Crippen LogP) is 6.02. The van der Waals surface area contributed by atoms with E-state index in [4.69, 9.17) is 21.1 Å². The maximum Gasteiger partial charge on any atom is 0.306 e. The van der Waals surface area contributed by atoms with E-state index in [1.165, 1.54) is 0 Å². The van der Waals surface area contributed by atoms with E-state index in [0.717, 1.165) is 35.5 Å². The average Bonchev–Trinajstić information content (AvgIpc) is 2.95. The van der Waals surface area contributed by atoms with Crippen molar-refractivity contribution >= 4 is 34.6 Å². The van der Waals surface area contributed by atoms with Gasteiger partial charge in [0.1, 0.15) is 24.0 Å². The fraction of sp³-hybridized carbons (Fsp3) is 0.367. The van der Waals surface area contributed by atoms with Crippen LogP contribution in [0, 0.1) is 17.2 Å². The van der Waals surface area contributed by atoms with E-state index >= 15 is 0 Å². The third-order valence-electron chi connectivity index (χ3n) is 6.60. The SMILES string of the molecule is CCOc1cc2c(cc1NC(=O)CCCN(C)C)C(Nc1ccc(OCc3ccncc3)c(Cl)c1)C(C#[N+][O-])CN2. The molecule has 3 aromatic rings. The third-order valence-corrected chi connectivity index (χ3v) is 6.90. The highest BCUT2D eigenvalue weighted by Crippen LogP contribution is 2.42. The number of benzene rings is 2. The lowest BCUT2D eigenvalue weighted by atomic mass is 9.88. The summed E-state index contributed by atoms with van der Waals surface area (Å²) in [4.78, 5) is 18.8. The first-order chi connectivity index (χ1) is 19.9. The Morgan fingerprint density at radius 2 is 2.00 bits per heavy atom. The van der Waals surface area contributed by atoms with Crippen LogP contribution in [0.15, 0.2) is 54.9 Å². The first kappa shape index (κ1) is 29.8. The zero-order valence-electron chi connectivity index (χ0n) is 23.4. The van der Waals surface area contributed by atoms with Crippen molar-refractivity contribution in [2.24, 2.45) is 5.92 Å². The number of nitrogens with one attached hydrogen (secondary N) is 3. The van der Waals surface area contributed by atoms with Crippen LogP contribution in [0.3, 0.4) is 0 Å². The number of halogens is 1. The highest BCUT2D eigenvalue weighted by molar-refractivity contribution is 6.32. The van der Waals surface area contributed by atoms with Crippen molar-refractivity contribution in [3.8, 4) is 17.6 Å². The van der Waals surface area contributed by atoms with Crippen molar-refractivity contribution in [3.63, 3.8) is 0 Å². The van der Waals surface area contributed by atoms with E-state index in [9.17, 15) is 10.0 Å². The Morgan fingerprint density at radius 3 is 2.71 bits per heavy atom. The zero-order chi connectivity index (χ0) is 29.2. The molecule has 4 rings (SSSR count). The van der Waals surface area contributed by atoms with Crippen molar-refractivity contribution < 1.29 is 14.3 Å². The molecule has 1 aromatic heterocycles. The highest BCUT2D eigenvalue weighted by atomic mass is 35.5. The smallest absolute Gasteiger partial charge is 0.306 e. The summed E-state index contributed by atoms with van der Waals surface area (Å²) in [6, 6.07) is 15.2. The van der Waals surface area contributed by atoms with Crippen LogP contribution in [0.25, 0.3) is 5.01 Å². The lowest BCUT2D eigenvalue weighted by Crippen LogP contribution is -2.31. The number of carbonyl (C=O) groups is 1. The second-order valence-electron chi connectivity index (χ2n) is 9.94. The molecule has 10 nitrogen and oxygen atoms in total. The van der Waals surface area contributed by atoms with Crippen LogP contribution in [-0.2, 0) is 11.4 Å². The molecule has 0 saturated heterocycles. The molecule has 0 aliphatic carbocycles. The number of carbonyl (C=O) groups excluding carboxylic acids is 1. The Hall–Kier alpha value is -4.20. The molecule has 2 atom stereocenters. The van der Waals surface area contributed by atoms with Gasteiger partial charge in [-0.15, -0.1) is 0 Å². The minimum Gasteiger partial charge on any atom is -0.498 e. The normalized spacial score (nSPS) is 15.6. The van der Waals surface area contributed by atoms with Gasteiger partial charge in [0, 0.05) is 53.4 Å². The Labute approximate surface area is 245 Å². The van der Waals surface area contributed by atoms with Crippen LogP contribution < -0.4 is 25.4 Å².